The fraction of sp³-hybridized carbons (Fsp3) is 0.857. The van der Waals surface area contributed by atoms with E-state index in [1.165, 1.54) is 0 Å². The Bertz CT molecular complexity index is 128. The van der Waals surface area contributed by atoms with Crippen LogP contribution < -0.4 is 0 Å². The van der Waals surface area contributed by atoms with E-state index >= 15 is 0 Å². The van der Waals surface area contributed by atoms with Gasteiger partial charge in [-0.25, -0.2) is 0 Å². The maximum absolute atomic E-state index is 10.4. The van der Waals surface area contributed by atoms with Gasteiger partial charge in [-0.05, 0) is 20.4 Å². The lowest BCUT2D eigenvalue weighted by Gasteiger charge is -2.21. The fourth-order valence-corrected chi connectivity index (χ4v) is 1.59. The molecular formula is C7H15NO2S. The monoisotopic (exact) mass is 177 g/mol. The molecule has 0 fully saturated rings. The third kappa shape index (κ3) is 5.09. The molecule has 11 heavy (non-hydrogen) atoms. The number of carbonyl (C=O) groups is 1. The largest absolute Gasteiger partial charge is 0.481 e. The summed E-state index contributed by atoms with van der Waals surface area (Å²) in [6, 6.07) is 0.155. The van der Waals surface area contributed by atoms with Crippen LogP contribution in [0.15, 0.2) is 0 Å². The van der Waals surface area contributed by atoms with E-state index < -0.39 is 5.97 Å². The number of hydrogen-bond acceptors (Lipinski definition) is 3. The molecule has 0 saturated heterocycles. The highest BCUT2D eigenvalue weighted by molar-refractivity contribution is 7.98. The van der Waals surface area contributed by atoms with Crippen molar-refractivity contribution in [3.63, 3.8) is 0 Å². The third-order valence-corrected chi connectivity index (χ3v) is 2.22. The van der Waals surface area contributed by atoms with Gasteiger partial charge >= 0.3 is 5.97 Å². The summed E-state index contributed by atoms with van der Waals surface area (Å²) in [7, 11) is 3.81. The van der Waals surface area contributed by atoms with Gasteiger partial charge in [0.15, 0.2) is 0 Å². The van der Waals surface area contributed by atoms with Crippen LogP contribution in [0.25, 0.3) is 0 Å². The van der Waals surface area contributed by atoms with E-state index in [1.54, 1.807) is 11.8 Å². The van der Waals surface area contributed by atoms with Crippen LogP contribution in [-0.2, 0) is 4.79 Å². The maximum Gasteiger partial charge on any atom is 0.304 e. The summed E-state index contributed by atoms with van der Waals surface area (Å²) >= 11 is 1.68. The molecule has 0 aliphatic carbocycles. The van der Waals surface area contributed by atoms with E-state index in [0.29, 0.717) is 0 Å². The summed E-state index contributed by atoms with van der Waals surface area (Å²) < 4.78 is 0. The van der Waals surface area contributed by atoms with Crippen molar-refractivity contribution in [2.24, 2.45) is 0 Å². The topological polar surface area (TPSA) is 40.5 Å². The van der Waals surface area contributed by atoms with Crippen LogP contribution in [0.2, 0.25) is 0 Å². The first-order chi connectivity index (χ1) is 5.07. The Labute approximate surface area is 71.8 Å². The molecule has 0 aromatic heterocycles. The van der Waals surface area contributed by atoms with Crippen molar-refractivity contribution >= 4 is 17.7 Å². The number of hydrogen-bond donors (Lipinski definition) is 1. The first-order valence-electron chi connectivity index (χ1n) is 3.45. The van der Waals surface area contributed by atoms with E-state index in [2.05, 4.69) is 0 Å². The summed E-state index contributed by atoms with van der Waals surface area (Å²) in [4.78, 5) is 12.3. The molecule has 1 atom stereocenters. The SMILES string of the molecule is CSCC(CC(=O)O)N(C)C. The van der Waals surface area contributed by atoms with Crippen molar-refractivity contribution in [3.05, 3.63) is 0 Å². The van der Waals surface area contributed by atoms with Crippen molar-refractivity contribution < 1.29 is 9.90 Å². The molecule has 0 bridgehead atoms. The zero-order valence-corrected chi connectivity index (χ0v) is 8.02. The quantitative estimate of drug-likeness (QED) is 0.673. The van der Waals surface area contributed by atoms with E-state index in [0.717, 1.165) is 5.75 Å². The smallest absolute Gasteiger partial charge is 0.304 e. The van der Waals surface area contributed by atoms with Crippen LogP contribution in [0, 0.1) is 0 Å². The van der Waals surface area contributed by atoms with Crippen molar-refractivity contribution in [1.82, 2.24) is 4.90 Å². The molecule has 0 amide bonds. The van der Waals surface area contributed by atoms with Gasteiger partial charge in [0.25, 0.3) is 0 Å². The van der Waals surface area contributed by atoms with Crippen LogP contribution in [-0.4, -0.2) is 48.1 Å². The van der Waals surface area contributed by atoms with Crippen LogP contribution in [0.3, 0.4) is 0 Å². The lowest BCUT2D eigenvalue weighted by Crippen LogP contribution is -2.32. The van der Waals surface area contributed by atoms with Crippen molar-refractivity contribution in [2.75, 3.05) is 26.1 Å². The molecular weight excluding hydrogens is 162 g/mol. The summed E-state index contributed by atoms with van der Waals surface area (Å²) in [5.41, 5.74) is 0. The molecule has 4 heteroatoms. The van der Waals surface area contributed by atoms with Crippen LogP contribution >= 0.6 is 11.8 Å². The minimum Gasteiger partial charge on any atom is -0.481 e. The van der Waals surface area contributed by atoms with Crippen molar-refractivity contribution in [2.45, 2.75) is 12.5 Å². The number of aliphatic carboxylic acids is 1. The molecule has 0 radical (unpaired) electrons. The Hall–Kier alpha value is -0.220. The molecule has 0 heterocycles. The maximum atomic E-state index is 10.4. The number of thioether (sulfide) groups is 1. The first-order valence-corrected chi connectivity index (χ1v) is 4.84. The summed E-state index contributed by atoms with van der Waals surface area (Å²) in [5.74, 6) is 0.150. The fourth-order valence-electron chi connectivity index (χ4n) is 0.785. The van der Waals surface area contributed by atoms with Crippen LogP contribution in [0.1, 0.15) is 6.42 Å². The zero-order chi connectivity index (χ0) is 8.85. The van der Waals surface area contributed by atoms with Crippen LogP contribution in [0.4, 0.5) is 0 Å². The lowest BCUT2D eigenvalue weighted by molar-refractivity contribution is -0.138. The van der Waals surface area contributed by atoms with Gasteiger partial charge in [0, 0.05) is 11.8 Å². The second kappa shape index (κ2) is 5.43. The van der Waals surface area contributed by atoms with Gasteiger partial charge in [-0.1, -0.05) is 0 Å². The normalized spacial score (nSPS) is 13.5. The Morgan fingerprint density at radius 1 is 1.64 bits per heavy atom. The predicted molar refractivity (Wildman–Crippen MR) is 48.1 cm³/mol. The molecule has 0 aromatic rings. The van der Waals surface area contributed by atoms with E-state index in [9.17, 15) is 4.79 Å². The van der Waals surface area contributed by atoms with Crippen molar-refractivity contribution in [3.8, 4) is 0 Å². The highest BCUT2D eigenvalue weighted by Gasteiger charge is 2.13. The van der Waals surface area contributed by atoms with Gasteiger partial charge in [-0.2, -0.15) is 11.8 Å². The van der Waals surface area contributed by atoms with Crippen LogP contribution in [0.5, 0.6) is 0 Å². The third-order valence-electron chi connectivity index (χ3n) is 1.50. The minimum absolute atomic E-state index is 0.155. The molecule has 0 rings (SSSR count). The first kappa shape index (κ1) is 10.8. The number of rotatable bonds is 5. The van der Waals surface area contributed by atoms with E-state index in [-0.39, 0.29) is 12.5 Å². The van der Waals surface area contributed by atoms with E-state index in [1.807, 2.05) is 25.3 Å². The minimum atomic E-state index is -0.724. The molecule has 0 aliphatic rings. The Kier molecular flexibility index (Phi) is 5.32. The molecule has 1 N–H and O–H groups in total. The predicted octanol–water partition coefficient (Wildman–Crippen LogP) is 0.754. The Balaban J connectivity index is 3.79. The number of carboxylic acids is 1. The molecule has 3 nitrogen and oxygen atoms in total. The van der Waals surface area contributed by atoms with Gasteiger partial charge in [0.05, 0.1) is 6.42 Å². The highest BCUT2D eigenvalue weighted by Crippen LogP contribution is 2.06. The summed E-state index contributed by atoms with van der Waals surface area (Å²) in [6.07, 6.45) is 2.21. The van der Waals surface area contributed by atoms with Gasteiger partial charge in [-0.15, -0.1) is 0 Å². The Morgan fingerprint density at radius 3 is 2.45 bits per heavy atom. The number of nitrogens with zero attached hydrogens (tertiary/aromatic N) is 1. The summed E-state index contributed by atoms with van der Waals surface area (Å²) in [6.45, 7) is 0. The van der Waals surface area contributed by atoms with Crippen molar-refractivity contribution in [1.29, 1.82) is 0 Å². The highest BCUT2D eigenvalue weighted by atomic mass is 32.2. The van der Waals surface area contributed by atoms with Gasteiger partial charge in [-0.3, -0.25) is 4.79 Å². The Morgan fingerprint density at radius 2 is 2.18 bits per heavy atom. The molecule has 66 valence electrons. The summed E-state index contributed by atoms with van der Waals surface area (Å²) in [5, 5.41) is 8.52. The van der Waals surface area contributed by atoms with Gasteiger partial charge in [0.1, 0.15) is 0 Å². The average Bonchev–Trinajstić information content (AvgIpc) is 1.86. The van der Waals surface area contributed by atoms with E-state index in [4.69, 9.17) is 5.11 Å². The molecule has 1 unspecified atom stereocenters. The zero-order valence-electron chi connectivity index (χ0n) is 7.20. The number of carboxylic acid groups (broad SMARTS) is 1. The standard InChI is InChI=1S/C7H15NO2S/c1-8(2)6(5-11-3)4-7(9)10/h6H,4-5H2,1-3H3,(H,9,10). The lowest BCUT2D eigenvalue weighted by atomic mass is 10.2. The second-order valence-electron chi connectivity index (χ2n) is 2.67. The second-order valence-corrected chi connectivity index (χ2v) is 3.58. The van der Waals surface area contributed by atoms with Gasteiger partial charge < -0.3 is 10.0 Å². The molecule has 0 aliphatic heterocycles. The molecule has 0 spiro atoms. The average molecular weight is 177 g/mol. The van der Waals surface area contributed by atoms with Gasteiger partial charge in [0.2, 0.25) is 0 Å². The molecule has 0 aromatic carbocycles. The molecule has 0 saturated carbocycles.